The molecule has 3 N–H and O–H groups in total. The SMILES string of the molecule is CSCN(CC(=O)N[C@@H](CSCC1CCCCC1)C(=O)NC1CCN(Cc2ccccc2)CC1)C(=O)CO. The minimum Gasteiger partial charge on any atom is -0.387 e. The highest BCUT2D eigenvalue weighted by Gasteiger charge is 2.27. The van der Waals surface area contributed by atoms with E-state index in [-0.39, 0.29) is 24.4 Å². The molecule has 3 amide bonds. The Morgan fingerprint density at radius 3 is 2.45 bits per heavy atom. The third kappa shape index (κ3) is 10.8. The topological polar surface area (TPSA) is 102 Å². The summed E-state index contributed by atoms with van der Waals surface area (Å²) in [4.78, 5) is 41.9. The number of hydrogen-bond donors (Lipinski definition) is 3. The molecular formula is C28H44N4O4S2. The molecule has 8 nitrogen and oxygen atoms in total. The largest absolute Gasteiger partial charge is 0.387 e. The number of aliphatic hydroxyl groups is 1. The monoisotopic (exact) mass is 564 g/mol. The number of piperidine rings is 1. The second-order valence-corrected chi connectivity index (χ2v) is 12.3. The number of aliphatic hydroxyl groups excluding tert-OH is 1. The van der Waals surface area contributed by atoms with E-state index in [4.69, 9.17) is 0 Å². The first kappa shape index (κ1) is 30.8. The molecule has 0 bridgehead atoms. The Bertz CT molecular complexity index is 862. The Labute approximate surface area is 236 Å². The summed E-state index contributed by atoms with van der Waals surface area (Å²) >= 11 is 3.13. The molecule has 1 atom stereocenters. The molecule has 1 aliphatic heterocycles. The van der Waals surface area contributed by atoms with Crippen LogP contribution in [-0.2, 0) is 20.9 Å². The van der Waals surface area contributed by atoms with Crippen LogP contribution < -0.4 is 10.6 Å². The van der Waals surface area contributed by atoms with Crippen LogP contribution in [0.3, 0.4) is 0 Å². The highest BCUT2D eigenvalue weighted by Crippen LogP contribution is 2.27. The summed E-state index contributed by atoms with van der Waals surface area (Å²) in [5.41, 5.74) is 1.29. The van der Waals surface area contributed by atoms with E-state index in [1.165, 1.54) is 54.3 Å². The number of nitrogens with one attached hydrogen (secondary N) is 2. The standard InChI is InChI=1S/C28H44N4O4S2/c1-37-21-32(27(35)18-33)17-26(34)30-25(20-38-19-23-10-6-3-7-11-23)28(36)29-24-12-14-31(15-13-24)16-22-8-4-2-5-9-22/h2,4-5,8-9,23-25,33H,3,6-7,10-21H2,1H3,(H,29,36)(H,30,34)/t25-/m0/s1. The summed E-state index contributed by atoms with van der Waals surface area (Å²) < 4.78 is 0. The van der Waals surface area contributed by atoms with Gasteiger partial charge in [0.2, 0.25) is 17.7 Å². The average molecular weight is 565 g/mol. The Balaban J connectivity index is 1.52. The summed E-state index contributed by atoms with van der Waals surface area (Å²) in [6.07, 6.45) is 9.93. The predicted octanol–water partition coefficient (Wildman–Crippen LogP) is 2.71. The van der Waals surface area contributed by atoms with Crippen molar-refractivity contribution in [1.29, 1.82) is 0 Å². The van der Waals surface area contributed by atoms with Gasteiger partial charge in [-0.15, -0.1) is 11.8 Å². The predicted molar refractivity (Wildman–Crippen MR) is 156 cm³/mol. The van der Waals surface area contributed by atoms with Gasteiger partial charge in [-0.05, 0) is 49.2 Å². The molecule has 1 saturated carbocycles. The normalized spacial score (nSPS) is 18.1. The van der Waals surface area contributed by atoms with Gasteiger partial charge in [0.15, 0.2) is 0 Å². The lowest BCUT2D eigenvalue weighted by Crippen LogP contribution is -2.54. The molecule has 1 aliphatic carbocycles. The summed E-state index contributed by atoms with van der Waals surface area (Å²) in [5, 5.41) is 15.3. The zero-order valence-electron chi connectivity index (χ0n) is 22.6. The van der Waals surface area contributed by atoms with Crippen LogP contribution in [0.5, 0.6) is 0 Å². The molecule has 212 valence electrons. The lowest BCUT2D eigenvalue weighted by molar-refractivity contribution is -0.138. The van der Waals surface area contributed by atoms with Crippen LogP contribution in [0.1, 0.15) is 50.5 Å². The Kier molecular flexibility index (Phi) is 13.8. The van der Waals surface area contributed by atoms with Gasteiger partial charge in [0.1, 0.15) is 19.2 Å². The molecule has 10 heteroatoms. The van der Waals surface area contributed by atoms with Crippen molar-refractivity contribution >= 4 is 41.2 Å². The Hall–Kier alpha value is -1.75. The average Bonchev–Trinajstić information content (AvgIpc) is 2.94. The molecule has 1 saturated heterocycles. The van der Waals surface area contributed by atoms with Gasteiger partial charge in [0.05, 0.1) is 5.88 Å². The smallest absolute Gasteiger partial charge is 0.249 e. The van der Waals surface area contributed by atoms with Crippen LogP contribution >= 0.6 is 23.5 Å². The fourth-order valence-electron chi connectivity index (χ4n) is 5.14. The molecule has 1 heterocycles. The Morgan fingerprint density at radius 2 is 1.79 bits per heavy atom. The molecule has 2 aliphatic rings. The van der Waals surface area contributed by atoms with Gasteiger partial charge in [-0.3, -0.25) is 19.3 Å². The molecule has 0 radical (unpaired) electrons. The lowest BCUT2D eigenvalue weighted by Gasteiger charge is -2.33. The number of nitrogens with zero attached hydrogens (tertiary/aromatic N) is 2. The minimum absolute atomic E-state index is 0.0845. The zero-order chi connectivity index (χ0) is 27.2. The molecule has 2 fully saturated rings. The molecule has 3 rings (SSSR count). The van der Waals surface area contributed by atoms with Crippen molar-refractivity contribution in [2.75, 3.05) is 49.9 Å². The molecule has 0 aromatic heterocycles. The fraction of sp³-hybridized carbons (Fsp3) is 0.679. The molecular weight excluding hydrogens is 520 g/mol. The second kappa shape index (κ2) is 17.0. The van der Waals surface area contributed by atoms with E-state index in [0.29, 0.717) is 17.5 Å². The number of likely N-dealkylation sites (tertiary alicyclic amines) is 1. The fourth-order valence-corrected chi connectivity index (χ4v) is 6.96. The van der Waals surface area contributed by atoms with Crippen LogP contribution in [0, 0.1) is 5.92 Å². The van der Waals surface area contributed by atoms with Crippen molar-refractivity contribution in [3.8, 4) is 0 Å². The van der Waals surface area contributed by atoms with E-state index in [9.17, 15) is 19.5 Å². The van der Waals surface area contributed by atoms with Gasteiger partial charge < -0.3 is 20.6 Å². The van der Waals surface area contributed by atoms with E-state index in [0.717, 1.165) is 38.2 Å². The van der Waals surface area contributed by atoms with Crippen LogP contribution in [-0.4, -0.2) is 94.6 Å². The van der Waals surface area contributed by atoms with Gasteiger partial charge in [0, 0.05) is 31.4 Å². The molecule has 1 aromatic rings. The van der Waals surface area contributed by atoms with E-state index < -0.39 is 18.6 Å². The van der Waals surface area contributed by atoms with Gasteiger partial charge >= 0.3 is 0 Å². The number of carbonyl (C=O) groups excluding carboxylic acids is 3. The summed E-state index contributed by atoms with van der Waals surface area (Å²) in [5.74, 6) is 1.47. The molecule has 0 spiro atoms. The minimum atomic E-state index is -0.654. The molecule has 1 aromatic carbocycles. The van der Waals surface area contributed by atoms with E-state index in [1.807, 2.05) is 12.3 Å². The van der Waals surface area contributed by atoms with Crippen molar-refractivity contribution < 1.29 is 19.5 Å². The van der Waals surface area contributed by atoms with Crippen LogP contribution in [0.15, 0.2) is 30.3 Å². The highest BCUT2D eigenvalue weighted by molar-refractivity contribution is 7.99. The first-order valence-corrected chi connectivity index (χ1v) is 16.3. The summed E-state index contributed by atoms with van der Waals surface area (Å²) in [6.45, 7) is 1.94. The van der Waals surface area contributed by atoms with Gasteiger partial charge in [-0.25, -0.2) is 0 Å². The number of amides is 3. The third-order valence-electron chi connectivity index (χ3n) is 7.30. The molecule has 38 heavy (non-hydrogen) atoms. The van der Waals surface area contributed by atoms with Gasteiger partial charge in [0.25, 0.3) is 0 Å². The number of hydrogen-bond acceptors (Lipinski definition) is 7. The van der Waals surface area contributed by atoms with Crippen LogP contribution in [0.2, 0.25) is 0 Å². The maximum absolute atomic E-state index is 13.3. The number of thioether (sulfide) groups is 2. The number of benzene rings is 1. The van der Waals surface area contributed by atoms with Gasteiger partial charge in [-0.1, -0.05) is 49.6 Å². The third-order valence-corrected chi connectivity index (χ3v) is 9.15. The second-order valence-electron chi connectivity index (χ2n) is 10.4. The van der Waals surface area contributed by atoms with Crippen molar-refractivity contribution in [3.63, 3.8) is 0 Å². The van der Waals surface area contributed by atoms with Crippen molar-refractivity contribution in [2.45, 2.75) is 63.6 Å². The maximum Gasteiger partial charge on any atom is 0.249 e. The highest BCUT2D eigenvalue weighted by atomic mass is 32.2. The number of carbonyl (C=O) groups is 3. The van der Waals surface area contributed by atoms with E-state index in [2.05, 4.69) is 39.8 Å². The summed E-state index contributed by atoms with van der Waals surface area (Å²) in [6, 6.07) is 9.85. The van der Waals surface area contributed by atoms with Crippen molar-refractivity contribution in [3.05, 3.63) is 35.9 Å². The summed E-state index contributed by atoms with van der Waals surface area (Å²) in [7, 11) is 0. The van der Waals surface area contributed by atoms with Crippen molar-refractivity contribution in [1.82, 2.24) is 20.4 Å². The quantitative estimate of drug-likeness (QED) is 0.299. The first-order chi connectivity index (χ1) is 18.5. The van der Waals surface area contributed by atoms with Crippen molar-refractivity contribution in [2.24, 2.45) is 5.92 Å². The Morgan fingerprint density at radius 1 is 1.08 bits per heavy atom. The zero-order valence-corrected chi connectivity index (χ0v) is 24.2. The van der Waals surface area contributed by atoms with E-state index >= 15 is 0 Å². The first-order valence-electron chi connectivity index (χ1n) is 13.8. The molecule has 0 unspecified atom stereocenters. The number of rotatable bonds is 14. The van der Waals surface area contributed by atoms with E-state index in [1.54, 1.807) is 11.8 Å². The van der Waals surface area contributed by atoms with Gasteiger partial charge in [-0.2, -0.15) is 11.8 Å². The van der Waals surface area contributed by atoms with Crippen LogP contribution in [0.4, 0.5) is 0 Å². The lowest BCUT2D eigenvalue weighted by atomic mass is 9.91. The van der Waals surface area contributed by atoms with Crippen LogP contribution in [0.25, 0.3) is 0 Å². The maximum atomic E-state index is 13.3.